The van der Waals surface area contributed by atoms with Crippen molar-refractivity contribution in [2.75, 3.05) is 6.54 Å². The van der Waals surface area contributed by atoms with E-state index < -0.39 is 0 Å². The number of carbonyl (C=O) groups excluding carboxylic acids is 2. The van der Waals surface area contributed by atoms with Crippen LogP contribution in [0.25, 0.3) is 10.9 Å². The van der Waals surface area contributed by atoms with E-state index in [-0.39, 0.29) is 17.9 Å². The number of amides is 2. The van der Waals surface area contributed by atoms with Crippen molar-refractivity contribution in [2.45, 2.75) is 71.0 Å². The molecule has 2 amide bonds. The van der Waals surface area contributed by atoms with Gasteiger partial charge < -0.3 is 14.8 Å². The molecule has 1 aromatic heterocycles. The summed E-state index contributed by atoms with van der Waals surface area (Å²) in [5.74, 6) is 0.841. The fourth-order valence-corrected chi connectivity index (χ4v) is 5.71. The van der Waals surface area contributed by atoms with Gasteiger partial charge in [-0.25, -0.2) is 0 Å². The largest absolute Gasteiger partial charge is 0.353 e. The predicted molar refractivity (Wildman–Crippen MR) is 136 cm³/mol. The molecule has 1 aliphatic heterocycles. The first-order valence-corrected chi connectivity index (χ1v) is 12.7. The third kappa shape index (κ3) is 4.61. The molecule has 2 aromatic carbocycles. The number of fused-ring (bicyclic) bond motifs is 2. The van der Waals surface area contributed by atoms with E-state index in [2.05, 4.69) is 60.3 Å². The minimum absolute atomic E-state index is 0.148. The number of benzene rings is 2. The molecule has 0 atom stereocenters. The van der Waals surface area contributed by atoms with E-state index in [1.54, 1.807) is 0 Å². The molecule has 0 saturated heterocycles. The molecule has 5 rings (SSSR count). The average molecular weight is 458 g/mol. The molecule has 2 aliphatic rings. The van der Waals surface area contributed by atoms with Crippen LogP contribution in [0.2, 0.25) is 0 Å². The number of hydrogen-bond acceptors (Lipinski definition) is 2. The number of hydrogen-bond donors (Lipinski definition) is 1. The highest BCUT2D eigenvalue weighted by molar-refractivity contribution is 5.98. The smallest absolute Gasteiger partial charge is 0.254 e. The zero-order chi connectivity index (χ0) is 23.7. The Morgan fingerprint density at radius 3 is 2.53 bits per heavy atom. The van der Waals surface area contributed by atoms with Crippen molar-refractivity contribution in [3.05, 3.63) is 71.4 Å². The van der Waals surface area contributed by atoms with Gasteiger partial charge in [0.15, 0.2) is 0 Å². The highest BCUT2D eigenvalue weighted by atomic mass is 16.2. The summed E-state index contributed by atoms with van der Waals surface area (Å²) < 4.78 is 2.30. The first-order valence-electron chi connectivity index (χ1n) is 12.7. The Bertz CT molecular complexity index is 1190. The number of rotatable bonds is 7. The van der Waals surface area contributed by atoms with Crippen molar-refractivity contribution in [3.63, 3.8) is 0 Å². The number of nitrogens with one attached hydrogen (secondary N) is 1. The molecule has 1 N–H and O–H groups in total. The molecule has 1 saturated carbocycles. The maximum atomic E-state index is 12.7. The monoisotopic (exact) mass is 457 g/mol. The number of aromatic nitrogens is 1. The van der Waals surface area contributed by atoms with E-state index in [1.807, 2.05) is 23.1 Å². The molecule has 0 spiro atoms. The van der Waals surface area contributed by atoms with Gasteiger partial charge in [0, 0.05) is 54.3 Å². The van der Waals surface area contributed by atoms with E-state index in [0.29, 0.717) is 18.4 Å². The van der Waals surface area contributed by atoms with Crippen LogP contribution >= 0.6 is 0 Å². The third-order valence-corrected chi connectivity index (χ3v) is 7.59. The minimum atomic E-state index is 0.148. The number of nitrogens with zero attached hydrogens (tertiary/aromatic N) is 2. The van der Waals surface area contributed by atoms with E-state index in [9.17, 15) is 9.59 Å². The Kier molecular flexibility index (Phi) is 6.44. The van der Waals surface area contributed by atoms with E-state index in [0.717, 1.165) is 56.3 Å². The van der Waals surface area contributed by atoms with Gasteiger partial charge >= 0.3 is 0 Å². The van der Waals surface area contributed by atoms with Crippen molar-refractivity contribution >= 4 is 22.7 Å². The van der Waals surface area contributed by atoms with E-state index >= 15 is 0 Å². The molecule has 178 valence electrons. The molecule has 1 fully saturated rings. The fourth-order valence-electron chi connectivity index (χ4n) is 5.71. The second kappa shape index (κ2) is 9.65. The van der Waals surface area contributed by atoms with Crippen LogP contribution in [0.1, 0.15) is 73.5 Å². The molecule has 0 unspecified atom stereocenters. The molecule has 2 heterocycles. The van der Waals surface area contributed by atoms with Gasteiger partial charge in [-0.05, 0) is 75.1 Å². The van der Waals surface area contributed by atoms with Crippen LogP contribution in [0, 0.1) is 5.92 Å². The van der Waals surface area contributed by atoms with Gasteiger partial charge in [-0.3, -0.25) is 9.59 Å². The lowest BCUT2D eigenvalue weighted by atomic mass is 9.85. The summed E-state index contributed by atoms with van der Waals surface area (Å²) in [5, 5.41) is 4.53. The Balaban J connectivity index is 1.09. The van der Waals surface area contributed by atoms with Gasteiger partial charge in [0.05, 0.1) is 0 Å². The Morgan fingerprint density at radius 1 is 1.03 bits per heavy atom. The molecular weight excluding hydrogens is 422 g/mol. The first kappa shape index (κ1) is 22.7. The van der Waals surface area contributed by atoms with Crippen LogP contribution in [0.15, 0.2) is 54.7 Å². The SMILES string of the molecule is CC(C)n1cc(CCC(=O)NC2CCC(CN3Cc4ccccc4C3=O)CC2)c2ccccc21. The summed E-state index contributed by atoms with van der Waals surface area (Å²) in [7, 11) is 0. The molecule has 5 nitrogen and oxygen atoms in total. The number of para-hydroxylation sites is 1. The van der Waals surface area contributed by atoms with Gasteiger partial charge in [-0.2, -0.15) is 0 Å². The second-order valence-corrected chi connectivity index (χ2v) is 10.3. The van der Waals surface area contributed by atoms with Crippen molar-refractivity contribution in [1.82, 2.24) is 14.8 Å². The summed E-state index contributed by atoms with van der Waals surface area (Å²) in [6.45, 7) is 5.95. The zero-order valence-electron chi connectivity index (χ0n) is 20.3. The summed E-state index contributed by atoms with van der Waals surface area (Å²) in [6.07, 6.45) is 7.62. The molecule has 0 radical (unpaired) electrons. The lowest BCUT2D eigenvalue weighted by Gasteiger charge is -2.31. The maximum Gasteiger partial charge on any atom is 0.254 e. The van der Waals surface area contributed by atoms with Crippen LogP contribution < -0.4 is 5.32 Å². The van der Waals surface area contributed by atoms with Crippen LogP contribution in [-0.4, -0.2) is 33.9 Å². The standard InChI is InChI=1S/C29H35N3O2/c1-20(2)32-19-23(25-8-5-6-10-27(25)32)13-16-28(33)30-24-14-11-21(12-15-24)17-31-18-22-7-3-4-9-26(22)29(31)34/h3-10,19-21,24H,11-18H2,1-2H3,(H,30,33). The summed E-state index contributed by atoms with van der Waals surface area (Å²) in [4.78, 5) is 27.4. The third-order valence-electron chi connectivity index (χ3n) is 7.59. The highest BCUT2D eigenvalue weighted by Gasteiger charge is 2.30. The van der Waals surface area contributed by atoms with Crippen LogP contribution in [-0.2, 0) is 17.8 Å². The molecule has 5 heteroatoms. The van der Waals surface area contributed by atoms with Gasteiger partial charge in [-0.15, -0.1) is 0 Å². The van der Waals surface area contributed by atoms with Crippen molar-refractivity contribution < 1.29 is 9.59 Å². The molecule has 0 bridgehead atoms. The molecular formula is C29H35N3O2. The van der Waals surface area contributed by atoms with Crippen LogP contribution in [0.5, 0.6) is 0 Å². The lowest BCUT2D eigenvalue weighted by Crippen LogP contribution is -2.40. The fraction of sp³-hybridized carbons (Fsp3) is 0.448. The number of carbonyl (C=O) groups is 2. The van der Waals surface area contributed by atoms with Crippen molar-refractivity contribution in [3.8, 4) is 0 Å². The Hall–Kier alpha value is -3.08. The predicted octanol–water partition coefficient (Wildman–Crippen LogP) is 5.49. The van der Waals surface area contributed by atoms with Crippen LogP contribution in [0.4, 0.5) is 0 Å². The molecule has 3 aromatic rings. The van der Waals surface area contributed by atoms with Gasteiger partial charge in [0.2, 0.25) is 5.91 Å². The normalized spacial score (nSPS) is 20.2. The highest BCUT2D eigenvalue weighted by Crippen LogP contribution is 2.30. The van der Waals surface area contributed by atoms with Crippen LogP contribution in [0.3, 0.4) is 0 Å². The maximum absolute atomic E-state index is 12.7. The quantitative estimate of drug-likeness (QED) is 0.510. The Morgan fingerprint density at radius 2 is 1.76 bits per heavy atom. The van der Waals surface area contributed by atoms with E-state index in [1.165, 1.54) is 16.5 Å². The van der Waals surface area contributed by atoms with Gasteiger partial charge in [0.1, 0.15) is 0 Å². The van der Waals surface area contributed by atoms with Gasteiger partial charge in [-0.1, -0.05) is 36.4 Å². The minimum Gasteiger partial charge on any atom is -0.353 e. The first-order chi connectivity index (χ1) is 16.5. The molecule has 34 heavy (non-hydrogen) atoms. The lowest BCUT2D eigenvalue weighted by molar-refractivity contribution is -0.122. The summed E-state index contributed by atoms with van der Waals surface area (Å²) in [6, 6.07) is 17.1. The van der Waals surface area contributed by atoms with E-state index in [4.69, 9.17) is 0 Å². The van der Waals surface area contributed by atoms with Crippen molar-refractivity contribution in [1.29, 1.82) is 0 Å². The van der Waals surface area contributed by atoms with Crippen molar-refractivity contribution in [2.24, 2.45) is 5.92 Å². The average Bonchev–Trinajstić information content (AvgIpc) is 3.37. The van der Waals surface area contributed by atoms with Gasteiger partial charge in [0.25, 0.3) is 5.91 Å². The second-order valence-electron chi connectivity index (χ2n) is 10.3. The zero-order valence-corrected chi connectivity index (χ0v) is 20.3. The Labute approximate surface area is 202 Å². The number of aryl methyl sites for hydroxylation is 1. The summed E-state index contributed by atoms with van der Waals surface area (Å²) in [5.41, 5.74) is 4.50. The molecule has 1 aliphatic carbocycles. The topological polar surface area (TPSA) is 54.3 Å². The summed E-state index contributed by atoms with van der Waals surface area (Å²) >= 11 is 0.